The van der Waals surface area contributed by atoms with Gasteiger partial charge in [-0.05, 0) is 78.6 Å². The minimum Gasteiger partial charge on any atom is -0.358 e. The number of nitrogens with zero attached hydrogens (tertiary/aromatic N) is 3. The molecule has 2 N–H and O–H groups in total. The number of amides is 2. The highest BCUT2D eigenvalue weighted by molar-refractivity contribution is 5.91. The van der Waals surface area contributed by atoms with Gasteiger partial charge >= 0.3 is 5.82 Å². The maximum atomic E-state index is 12.8. The van der Waals surface area contributed by atoms with Crippen molar-refractivity contribution in [2.75, 3.05) is 12.4 Å². The second-order valence-corrected chi connectivity index (χ2v) is 11.0. The molecule has 9 heteroatoms. The number of nitrogens with one attached hydrogen (secondary N) is 2. The van der Waals surface area contributed by atoms with Crippen LogP contribution in [0.3, 0.4) is 0 Å². The molecule has 7 atom stereocenters. The van der Waals surface area contributed by atoms with Crippen molar-refractivity contribution in [3.05, 3.63) is 28.6 Å². The van der Waals surface area contributed by atoms with Gasteiger partial charge in [-0.2, -0.15) is 4.98 Å². The van der Waals surface area contributed by atoms with Crippen molar-refractivity contribution in [3.63, 3.8) is 0 Å². The lowest BCUT2D eigenvalue weighted by Gasteiger charge is -2.60. The van der Waals surface area contributed by atoms with Crippen molar-refractivity contribution in [3.8, 4) is 0 Å². The summed E-state index contributed by atoms with van der Waals surface area (Å²) in [6.45, 7) is 4.70. The summed E-state index contributed by atoms with van der Waals surface area (Å²) in [5.41, 5.74) is 0.112. The molecule has 3 fully saturated rings. The Balaban J connectivity index is 1.31. The molecule has 2 amide bonds. The molecule has 5 rings (SSSR count). The summed E-state index contributed by atoms with van der Waals surface area (Å²) in [5.74, 6) is 1.61. The summed E-state index contributed by atoms with van der Waals surface area (Å²) in [6.07, 6.45) is 12.0. The molecule has 1 aromatic heterocycles. The van der Waals surface area contributed by atoms with Crippen LogP contribution in [0.2, 0.25) is 0 Å². The van der Waals surface area contributed by atoms with Crippen LogP contribution in [0.5, 0.6) is 0 Å². The van der Waals surface area contributed by atoms with Crippen molar-refractivity contribution >= 4 is 23.5 Å². The highest BCUT2D eigenvalue weighted by Crippen LogP contribution is 2.65. The molecular weight excluding hydrogens is 422 g/mol. The Morgan fingerprint density at radius 2 is 2.06 bits per heavy atom. The average Bonchev–Trinajstić information content (AvgIpc) is 3.35. The van der Waals surface area contributed by atoms with Crippen LogP contribution in [0.25, 0.3) is 0 Å². The third kappa shape index (κ3) is 3.30. The van der Waals surface area contributed by atoms with Gasteiger partial charge in [0.1, 0.15) is 0 Å². The van der Waals surface area contributed by atoms with E-state index in [9.17, 15) is 19.7 Å². The molecule has 33 heavy (non-hydrogen) atoms. The third-order valence-electron chi connectivity index (χ3n) is 9.82. The molecule has 3 aliphatic carbocycles. The fourth-order valence-corrected chi connectivity index (χ4v) is 8.11. The van der Waals surface area contributed by atoms with Crippen LogP contribution in [0.4, 0.5) is 11.6 Å². The fourth-order valence-electron chi connectivity index (χ4n) is 8.11. The minimum atomic E-state index is -0.571. The molecule has 2 heterocycles. The van der Waals surface area contributed by atoms with Crippen molar-refractivity contribution in [1.29, 1.82) is 0 Å². The number of carbonyl (C=O) groups excluding carboxylic acids is 2. The Morgan fingerprint density at radius 3 is 2.82 bits per heavy atom. The molecule has 4 unspecified atom stereocenters. The average molecular weight is 456 g/mol. The quantitative estimate of drug-likeness (QED) is 0.527. The van der Waals surface area contributed by atoms with Gasteiger partial charge in [0, 0.05) is 24.9 Å². The molecule has 1 aliphatic heterocycles. The number of likely N-dealkylation sites (N-methyl/N-ethyl adjacent to an activating group) is 1. The molecule has 0 spiro atoms. The van der Waals surface area contributed by atoms with E-state index in [1.54, 1.807) is 6.08 Å². The van der Waals surface area contributed by atoms with Crippen molar-refractivity contribution in [2.45, 2.75) is 64.8 Å². The molecule has 0 aromatic carbocycles. The van der Waals surface area contributed by atoms with E-state index >= 15 is 0 Å². The van der Waals surface area contributed by atoms with Gasteiger partial charge < -0.3 is 20.3 Å². The fraction of sp³-hybridized carbons (Fsp3) is 0.708. The van der Waals surface area contributed by atoms with Gasteiger partial charge in [-0.15, -0.1) is 0 Å². The number of aromatic nitrogens is 2. The van der Waals surface area contributed by atoms with Crippen LogP contribution >= 0.6 is 0 Å². The first-order valence-corrected chi connectivity index (χ1v) is 12.1. The largest absolute Gasteiger partial charge is 0.365 e. The number of rotatable bonds is 4. The van der Waals surface area contributed by atoms with Crippen LogP contribution in [0, 0.1) is 44.6 Å². The normalized spacial score (nSPS) is 39.5. The smallest absolute Gasteiger partial charge is 0.358 e. The van der Waals surface area contributed by atoms with E-state index in [4.69, 9.17) is 0 Å². The van der Waals surface area contributed by atoms with E-state index in [1.165, 1.54) is 6.33 Å². The lowest BCUT2D eigenvalue weighted by Crippen LogP contribution is -2.59. The molecule has 4 aliphatic rings. The van der Waals surface area contributed by atoms with E-state index in [2.05, 4.69) is 35.2 Å². The number of imidazole rings is 1. The van der Waals surface area contributed by atoms with Crippen LogP contribution < -0.4 is 5.32 Å². The van der Waals surface area contributed by atoms with E-state index < -0.39 is 4.92 Å². The number of hydrogen-bond acceptors (Lipinski definition) is 5. The van der Waals surface area contributed by atoms with Crippen molar-refractivity contribution < 1.29 is 14.5 Å². The topological polar surface area (TPSA) is 121 Å². The second-order valence-electron chi connectivity index (χ2n) is 11.0. The van der Waals surface area contributed by atoms with Crippen LogP contribution in [0.1, 0.15) is 58.8 Å². The van der Waals surface area contributed by atoms with Gasteiger partial charge in [-0.3, -0.25) is 9.59 Å². The standard InChI is InChI=1S/C24H33N5O4/c1-23-10-8-17-15(5-7-18-24(17,2)11-9-20(31)28(18)3)16(23)6-4-14(23)12-19(30)27-21-22(29(32)33)26-13-25-21/h9,11,13-18H,4-8,10,12H2,1-3H3,(H,25,26)(H,27,30)/t14-,15?,16?,17?,18?,23-,24-/m1/s1. The molecular formula is C24H33N5O4. The molecule has 0 radical (unpaired) electrons. The Kier molecular flexibility index (Phi) is 5.14. The van der Waals surface area contributed by atoms with Gasteiger partial charge in [0.15, 0.2) is 6.33 Å². The lowest BCUT2D eigenvalue weighted by atomic mass is 9.47. The number of H-pyrrole nitrogens is 1. The van der Waals surface area contributed by atoms with Crippen LogP contribution in [-0.4, -0.2) is 44.7 Å². The first kappa shape index (κ1) is 22.1. The molecule has 1 aromatic rings. The van der Waals surface area contributed by atoms with Gasteiger partial charge in [-0.25, -0.2) is 4.98 Å². The monoisotopic (exact) mass is 455 g/mol. The van der Waals surface area contributed by atoms with Gasteiger partial charge in [-0.1, -0.05) is 19.9 Å². The number of carbonyl (C=O) groups is 2. The number of aromatic amines is 1. The Morgan fingerprint density at radius 1 is 1.27 bits per heavy atom. The summed E-state index contributed by atoms with van der Waals surface area (Å²) in [5, 5.41) is 13.8. The second kappa shape index (κ2) is 7.67. The number of fused-ring (bicyclic) bond motifs is 5. The van der Waals surface area contributed by atoms with E-state index in [1.807, 2.05) is 11.9 Å². The summed E-state index contributed by atoms with van der Waals surface area (Å²) in [4.78, 5) is 43.9. The first-order chi connectivity index (χ1) is 15.6. The third-order valence-corrected chi connectivity index (χ3v) is 9.82. The van der Waals surface area contributed by atoms with Gasteiger partial charge in [0.05, 0.1) is 0 Å². The number of anilines is 1. The van der Waals surface area contributed by atoms with Crippen molar-refractivity contribution in [1.82, 2.24) is 14.9 Å². The Labute approximate surface area is 193 Å². The maximum absolute atomic E-state index is 12.8. The van der Waals surface area contributed by atoms with Crippen molar-refractivity contribution in [2.24, 2.45) is 34.5 Å². The highest BCUT2D eigenvalue weighted by Gasteiger charge is 2.60. The number of hydrogen-bond donors (Lipinski definition) is 2. The minimum absolute atomic E-state index is 0.0117. The first-order valence-electron chi connectivity index (χ1n) is 12.1. The molecule has 0 saturated heterocycles. The summed E-state index contributed by atoms with van der Waals surface area (Å²) >= 11 is 0. The summed E-state index contributed by atoms with van der Waals surface area (Å²) in [6, 6.07) is 0.272. The molecule has 178 valence electrons. The Hall–Kier alpha value is -2.71. The van der Waals surface area contributed by atoms with E-state index in [0.717, 1.165) is 38.5 Å². The highest BCUT2D eigenvalue weighted by atomic mass is 16.6. The zero-order valence-corrected chi connectivity index (χ0v) is 19.5. The maximum Gasteiger partial charge on any atom is 0.365 e. The Bertz CT molecular complexity index is 1020. The van der Waals surface area contributed by atoms with Gasteiger partial charge in [0.25, 0.3) is 0 Å². The lowest BCUT2D eigenvalue weighted by molar-refractivity contribution is -0.388. The van der Waals surface area contributed by atoms with Gasteiger partial charge in [0.2, 0.25) is 17.6 Å². The molecule has 0 bridgehead atoms. The van der Waals surface area contributed by atoms with E-state index in [0.29, 0.717) is 24.2 Å². The molecule has 9 nitrogen and oxygen atoms in total. The SMILES string of the molecule is CN1C(=O)C=C[C@]2(C)C3CC[C@@]4(C)C(CC[C@@H]4CC(=O)Nc4nc[nH]c4[N+](=O)[O-])C3CCC12. The predicted molar refractivity (Wildman–Crippen MR) is 122 cm³/mol. The number of nitro groups is 1. The summed E-state index contributed by atoms with van der Waals surface area (Å²) < 4.78 is 0. The zero-order valence-electron chi connectivity index (χ0n) is 19.5. The van der Waals surface area contributed by atoms with Crippen LogP contribution in [0.15, 0.2) is 18.5 Å². The zero-order chi connectivity index (χ0) is 23.5. The van der Waals surface area contributed by atoms with Crippen LogP contribution in [-0.2, 0) is 9.59 Å². The summed E-state index contributed by atoms with van der Waals surface area (Å²) in [7, 11) is 1.94. The molecule has 3 saturated carbocycles. The van der Waals surface area contributed by atoms with E-state index in [-0.39, 0.29) is 46.2 Å². The predicted octanol–water partition coefficient (Wildman–Crippen LogP) is 3.90.